The van der Waals surface area contributed by atoms with Crippen LogP contribution in [0.2, 0.25) is 0 Å². The lowest BCUT2D eigenvalue weighted by molar-refractivity contribution is -0.131. The van der Waals surface area contributed by atoms with Crippen LogP contribution in [0.25, 0.3) is 0 Å². The number of para-hydroxylation sites is 2. The Bertz CT molecular complexity index is 857. The Hall–Kier alpha value is -2.30. The molecule has 2 atom stereocenters. The van der Waals surface area contributed by atoms with E-state index in [0.29, 0.717) is 18.9 Å². The van der Waals surface area contributed by atoms with Crippen LogP contribution in [0.3, 0.4) is 0 Å². The lowest BCUT2D eigenvalue weighted by Crippen LogP contribution is -2.48. The Labute approximate surface area is 174 Å². The molecule has 0 spiro atoms. The molecule has 2 unspecified atom stereocenters. The summed E-state index contributed by atoms with van der Waals surface area (Å²) in [5, 5.41) is 3.56. The maximum Gasteiger partial charge on any atom is 0.242 e. The molecule has 1 saturated heterocycles. The number of benzene rings is 1. The van der Waals surface area contributed by atoms with E-state index in [-0.39, 0.29) is 23.1 Å². The van der Waals surface area contributed by atoms with E-state index in [0.717, 1.165) is 48.6 Å². The molecule has 29 heavy (non-hydrogen) atoms. The van der Waals surface area contributed by atoms with Crippen LogP contribution in [0.5, 0.6) is 0 Å². The molecule has 5 heteroatoms. The zero-order chi connectivity index (χ0) is 20.8. The second-order valence-electron chi connectivity index (χ2n) is 9.87. The van der Waals surface area contributed by atoms with Gasteiger partial charge < -0.3 is 15.1 Å². The van der Waals surface area contributed by atoms with Crippen LogP contribution in [0.15, 0.2) is 35.5 Å². The predicted octanol–water partition coefficient (Wildman–Crippen LogP) is 4.21. The number of allylic oxidation sites excluding steroid dienone is 1. The fourth-order valence-corrected chi connectivity index (χ4v) is 5.17. The van der Waals surface area contributed by atoms with Gasteiger partial charge in [-0.1, -0.05) is 32.9 Å². The van der Waals surface area contributed by atoms with Crippen molar-refractivity contribution >= 4 is 23.1 Å². The summed E-state index contributed by atoms with van der Waals surface area (Å²) < 4.78 is 0. The van der Waals surface area contributed by atoms with Gasteiger partial charge in [-0.05, 0) is 49.7 Å². The van der Waals surface area contributed by atoms with Crippen molar-refractivity contribution in [1.82, 2.24) is 4.90 Å². The first kappa shape index (κ1) is 20.0. The first-order chi connectivity index (χ1) is 13.7. The van der Waals surface area contributed by atoms with Gasteiger partial charge in [0, 0.05) is 30.8 Å². The summed E-state index contributed by atoms with van der Waals surface area (Å²) in [4.78, 5) is 30.4. The number of rotatable bonds is 2. The summed E-state index contributed by atoms with van der Waals surface area (Å²) in [7, 11) is 0. The first-order valence-corrected chi connectivity index (χ1v) is 10.9. The molecule has 2 aliphatic heterocycles. The largest absolute Gasteiger partial charge is 0.357 e. The number of nitrogens with one attached hydrogen (secondary N) is 1. The summed E-state index contributed by atoms with van der Waals surface area (Å²) in [6.07, 6.45) is 3.67. The molecule has 1 amide bonds. The number of anilines is 2. The molecule has 0 bridgehead atoms. The fourth-order valence-electron chi connectivity index (χ4n) is 5.17. The lowest BCUT2D eigenvalue weighted by Gasteiger charge is -2.37. The maximum absolute atomic E-state index is 13.2. The Morgan fingerprint density at radius 3 is 2.72 bits per heavy atom. The third-order valence-corrected chi connectivity index (χ3v) is 6.62. The molecule has 2 heterocycles. The summed E-state index contributed by atoms with van der Waals surface area (Å²) >= 11 is 0. The highest BCUT2D eigenvalue weighted by molar-refractivity contribution is 6.01. The summed E-state index contributed by atoms with van der Waals surface area (Å²) in [6, 6.07) is 7.98. The normalized spacial score (nSPS) is 26.4. The Morgan fingerprint density at radius 2 is 1.97 bits per heavy atom. The molecule has 1 aromatic rings. The highest BCUT2D eigenvalue weighted by Crippen LogP contribution is 2.43. The minimum atomic E-state index is -0.129. The molecular formula is C24H33N3O2. The standard InChI is InChI=1S/C24H33N3O2/c1-16-8-7-11-26(14-16)22(29)15-27-17(2)23-19(12-24(3,4)13-21(23)28)25-18-9-5-6-10-20(18)27/h5-6,9-10,16-17,25H,7-8,11-15H2,1-4H3. The average Bonchev–Trinajstić information content (AvgIpc) is 2.75. The maximum atomic E-state index is 13.2. The number of carbonyl (C=O) groups excluding carboxylic acids is 2. The van der Waals surface area contributed by atoms with Crippen molar-refractivity contribution in [2.24, 2.45) is 11.3 Å². The molecule has 3 aliphatic rings. The Kier molecular flexibility index (Phi) is 5.18. The monoisotopic (exact) mass is 395 g/mol. The van der Waals surface area contributed by atoms with Crippen molar-refractivity contribution in [1.29, 1.82) is 0 Å². The van der Waals surface area contributed by atoms with E-state index in [4.69, 9.17) is 0 Å². The number of ketones is 1. The van der Waals surface area contributed by atoms with Gasteiger partial charge in [0.15, 0.2) is 5.78 Å². The topological polar surface area (TPSA) is 52.7 Å². The number of hydrogen-bond donors (Lipinski definition) is 1. The smallest absolute Gasteiger partial charge is 0.242 e. The lowest BCUT2D eigenvalue weighted by atomic mass is 9.74. The van der Waals surface area contributed by atoms with Crippen LogP contribution in [0.1, 0.15) is 53.4 Å². The van der Waals surface area contributed by atoms with Crippen LogP contribution in [-0.2, 0) is 9.59 Å². The number of carbonyl (C=O) groups is 2. The van der Waals surface area contributed by atoms with Crippen LogP contribution >= 0.6 is 0 Å². The molecule has 1 aliphatic carbocycles. The second kappa shape index (κ2) is 7.51. The number of hydrogen-bond acceptors (Lipinski definition) is 4. The van der Waals surface area contributed by atoms with E-state index in [2.05, 4.69) is 44.0 Å². The van der Waals surface area contributed by atoms with Crippen LogP contribution in [-0.4, -0.2) is 42.3 Å². The third kappa shape index (κ3) is 3.92. The highest BCUT2D eigenvalue weighted by atomic mass is 16.2. The first-order valence-electron chi connectivity index (χ1n) is 10.9. The number of amides is 1. The fraction of sp³-hybridized carbons (Fsp3) is 0.583. The van der Waals surface area contributed by atoms with Gasteiger partial charge >= 0.3 is 0 Å². The van der Waals surface area contributed by atoms with Crippen molar-refractivity contribution in [3.63, 3.8) is 0 Å². The van der Waals surface area contributed by atoms with Gasteiger partial charge in [-0.2, -0.15) is 0 Å². The zero-order valence-corrected chi connectivity index (χ0v) is 18.1. The van der Waals surface area contributed by atoms with Gasteiger partial charge in [0.1, 0.15) is 0 Å². The Morgan fingerprint density at radius 1 is 1.21 bits per heavy atom. The molecule has 0 radical (unpaired) electrons. The van der Waals surface area contributed by atoms with Gasteiger partial charge in [-0.3, -0.25) is 9.59 Å². The predicted molar refractivity (Wildman–Crippen MR) is 117 cm³/mol. The third-order valence-electron chi connectivity index (χ3n) is 6.62. The molecule has 156 valence electrons. The number of Topliss-reactive ketones (excluding diaryl/α,β-unsaturated/α-hetero) is 1. The molecule has 4 rings (SSSR count). The number of likely N-dealkylation sites (tertiary alicyclic amines) is 1. The summed E-state index contributed by atoms with van der Waals surface area (Å²) in [5.74, 6) is 0.915. The van der Waals surface area contributed by atoms with Crippen molar-refractivity contribution < 1.29 is 9.59 Å². The van der Waals surface area contributed by atoms with Gasteiger partial charge in [-0.15, -0.1) is 0 Å². The van der Waals surface area contributed by atoms with Crippen LogP contribution in [0.4, 0.5) is 11.4 Å². The van der Waals surface area contributed by atoms with Crippen LogP contribution < -0.4 is 10.2 Å². The van der Waals surface area contributed by atoms with Crippen molar-refractivity contribution in [3.05, 3.63) is 35.5 Å². The van der Waals surface area contributed by atoms with E-state index in [1.807, 2.05) is 23.1 Å². The van der Waals surface area contributed by atoms with E-state index in [1.165, 1.54) is 6.42 Å². The van der Waals surface area contributed by atoms with Crippen molar-refractivity contribution in [3.8, 4) is 0 Å². The molecule has 1 aromatic carbocycles. The second-order valence-corrected chi connectivity index (χ2v) is 9.87. The average molecular weight is 396 g/mol. The van der Waals surface area contributed by atoms with E-state index < -0.39 is 0 Å². The number of nitrogens with zero attached hydrogens (tertiary/aromatic N) is 2. The quantitative estimate of drug-likeness (QED) is 0.815. The SMILES string of the molecule is CC1CCCN(C(=O)CN2c3ccccc3NC3=C(C(=O)CC(C)(C)C3)C2C)C1. The highest BCUT2D eigenvalue weighted by Gasteiger charge is 2.39. The van der Waals surface area contributed by atoms with Gasteiger partial charge in [0.2, 0.25) is 5.91 Å². The number of piperidine rings is 1. The van der Waals surface area contributed by atoms with E-state index in [9.17, 15) is 9.59 Å². The van der Waals surface area contributed by atoms with E-state index >= 15 is 0 Å². The van der Waals surface area contributed by atoms with Gasteiger partial charge in [0.05, 0.1) is 24.0 Å². The number of fused-ring (bicyclic) bond motifs is 1. The molecule has 5 nitrogen and oxygen atoms in total. The van der Waals surface area contributed by atoms with Gasteiger partial charge in [0.25, 0.3) is 0 Å². The summed E-state index contributed by atoms with van der Waals surface area (Å²) in [5.41, 5.74) is 3.80. The molecule has 0 aromatic heterocycles. The van der Waals surface area contributed by atoms with Crippen molar-refractivity contribution in [2.75, 3.05) is 29.9 Å². The minimum Gasteiger partial charge on any atom is -0.357 e. The van der Waals surface area contributed by atoms with Crippen molar-refractivity contribution in [2.45, 2.75) is 59.4 Å². The summed E-state index contributed by atoms with van der Waals surface area (Å²) in [6.45, 7) is 10.6. The van der Waals surface area contributed by atoms with Crippen LogP contribution in [0, 0.1) is 11.3 Å². The van der Waals surface area contributed by atoms with E-state index in [1.54, 1.807) is 0 Å². The molecular weight excluding hydrogens is 362 g/mol. The molecule has 0 saturated carbocycles. The Balaban J connectivity index is 1.68. The zero-order valence-electron chi connectivity index (χ0n) is 18.1. The minimum absolute atomic E-state index is 0.0491. The molecule has 1 N–H and O–H groups in total. The van der Waals surface area contributed by atoms with Gasteiger partial charge in [-0.25, -0.2) is 0 Å². The molecule has 1 fully saturated rings.